The summed E-state index contributed by atoms with van der Waals surface area (Å²) in [6.07, 6.45) is 0. The number of nitrogens with one attached hydrogen (secondary N) is 2. The van der Waals surface area contributed by atoms with E-state index in [0.29, 0.717) is 11.5 Å². The van der Waals surface area contributed by atoms with Gasteiger partial charge in [-0.1, -0.05) is 78.9 Å². The molecule has 4 aromatic rings. The van der Waals surface area contributed by atoms with Gasteiger partial charge in [0.1, 0.15) is 0 Å². The van der Waals surface area contributed by atoms with Gasteiger partial charge in [0.15, 0.2) is 0 Å². The van der Waals surface area contributed by atoms with Gasteiger partial charge in [-0.05, 0) is 34.9 Å². The van der Waals surface area contributed by atoms with Crippen molar-refractivity contribution in [1.82, 2.24) is 25.3 Å². The molecule has 2 N–H and O–H groups in total. The molecular formula is C27H26ClN7O. The molecule has 0 aliphatic carbocycles. The van der Waals surface area contributed by atoms with Crippen LogP contribution in [-0.2, 0) is 0 Å². The van der Waals surface area contributed by atoms with E-state index in [2.05, 4.69) is 84.1 Å². The minimum Gasteiger partial charge on any atom is -0.338 e. The number of amides is 1. The van der Waals surface area contributed by atoms with Gasteiger partial charge in [0.2, 0.25) is 17.2 Å². The van der Waals surface area contributed by atoms with Gasteiger partial charge >= 0.3 is 0 Å². The summed E-state index contributed by atoms with van der Waals surface area (Å²) in [4.78, 5) is 29.8. The number of hydrogen-bond donors (Lipinski definition) is 2. The zero-order valence-corrected chi connectivity index (χ0v) is 20.3. The zero-order valence-electron chi connectivity index (χ0n) is 19.6. The van der Waals surface area contributed by atoms with Crippen LogP contribution in [-0.4, -0.2) is 51.9 Å². The molecule has 1 aromatic heterocycles. The van der Waals surface area contributed by atoms with E-state index >= 15 is 0 Å². The Morgan fingerprint density at radius 1 is 0.750 bits per heavy atom. The van der Waals surface area contributed by atoms with E-state index in [1.165, 1.54) is 11.1 Å². The van der Waals surface area contributed by atoms with Crippen molar-refractivity contribution < 1.29 is 4.79 Å². The summed E-state index contributed by atoms with van der Waals surface area (Å²) >= 11 is 6.19. The number of rotatable bonds is 7. The largest absolute Gasteiger partial charge is 0.338 e. The average Bonchev–Trinajstić information content (AvgIpc) is 2.94. The summed E-state index contributed by atoms with van der Waals surface area (Å²) in [5.74, 6) is 0.361. The molecule has 1 amide bonds. The number of halogens is 1. The second kappa shape index (κ2) is 11.2. The number of piperazine rings is 1. The first kappa shape index (κ1) is 23.7. The van der Waals surface area contributed by atoms with Crippen LogP contribution in [0.15, 0.2) is 91.0 Å². The average molecular weight is 500 g/mol. The van der Waals surface area contributed by atoms with Gasteiger partial charge in [0, 0.05) is 31.7 Å². The first-order chi connectivity index (χ1) is 17.7. The fourth-order valence-corrected chi connectivity index (χ4v) is 4.53. The summed E-state index contributed by atoms with van der Waals surface area (Å²) in [5, 5.41) is 0.0605. The van der Waals surface area contributed by atoms with Crippen LogP contribution in [0.4, 0.5) is 11.9 Å². The highest BCUT2D eigenvalue weighted by atomic mass is 35.5. The molecular weight excluding hydrogens is 474 g/mol. The Labute approximate surface area is 214 Å². The second-order valence-electron chi connectivity index (χ2n) is 8.42. The lowest BCUT2D eigenvalue weighted by molar-refractivity contribution is 0.0962. The van der Waals surface area contributed by atoms with Gasteiger partial charge in [0.05, 0.1) is 6.04 Å². The van der Waals surface area contributed by atoms with Crippen LogP contribution >= 0.6 is 11.6 Å². The Kier molecular flexibility index (Phi) is 7.35. The van der Waals surface area contributed by atoms with Crippen LogP contribution in [0, 0.1) is 0 Å². The lowest BCUT2D eigenvalue weighted by atomic mass is 9.96. The topological polar surface area (TPSA) is 86.3 Å². The number of anilines is 2. The summed E-state index contributed by atoms with van der Waals surface area (Å²) in [6.45, 7) is 3.11. The number of aromatic nitrogens is 3. The molecule has 2 heterocycles. The van der Waals surface area contributed by atoms with Crippen LogP contribution in [0.3, 0.4) is 0 Å². The number of carbonyl (C=O) groups excluding carboxylic acids is 1. The maximum Gasteiger partial charge on any atom is 0.269 e. The molecule has 1 fully saturated rings. The van der Waals surface area contributed by atoms with Crippen molar-refractivity contribution >= 4 is 29.4 Å². The molecule has 1 aliphatic rings. The number of hydrazine groups is 1. The highest BCUT2D eigenvalue weighted by Crippen LogP contribution is 2.30. The van der Waals surface area contributed by atoms with Crippen molar-refractivity contribution in [1.29, 1.82) is 0 Å². The van der Waals surface area contributed by atoms with Gasteiger partial charge in [-0.2, -0.15) is 15.0 Å². The van der Waals surface area contributed by atoms with Crippen molar-refractivity contribution in [3.8, 4) is 0 Å². The van der Waals surface area contributed by atoms with E-state index in [1.54, 1.807) is 24.3 Å². The number of benzene rings is 3. The Bertz CT molecular complexity index is 1240. The molecule has 0 unspecified atom stereocenters. The fourth-order valence-electron chi connectivity index (χ4n) is 4.38. The van der Waals surface area contributed by atoms with E-state index in [4.69, 9.17) is 11.6 Å². The molecule has 1 saturated heterocycles. The predicted octanol–water partition coefficient (Wildman–Crippen LogP) is 4.19. The fraction of sp³-hybridized carbons (Fsp3) is 0.185. The molecule has 9 heteroatoms. The Balaban J connectivity index is 1.27. The third-order valence-corrected chi connectivity index (χ3v) is 6.28. The molecule has 0 radical (unpaired) electrons. The molecule has 0 spiro atoms. The van der Waals surface area contributed by atoms with Gasteiger partial charge in [-0.3, -0.25) is 20.5 Å². The normalized spacial score (nSPS) is 14.0. The van der Waals surface area contributed by atoms with Gasteiger partial charge in [0.25, 0.3) is 5.91 Å². The second-order valence-corrected chi connectivity index (χ2v) is 8.76. The molecule has 0 bridgehead atoms. The van der Waals surface area contributed by atoms with Crippen LogP contribution in [0.25, 0.3) is 0 Å². The SMILES string of the molecule is O=C(NNc1nc(Cl)nc(N2CCN(C(c3ccccc3)c3ccccc3)CC2)n1)c1ccccc1. The Hall–Kier alpha value is -4.01. The van der Waals surface area contributed by atoms with Crippen LogP contribution in [0.2, 0.25) is 5.28 Å². The van der Waals surface area contributed by atoms with Crippen LogP contribution in [0.5, 0.6) is 0 Å². The first-order valence-corrected chi connectivity index (χ1v) is 12.2. The smallest absolute Gasteiger partial charge is 0.269 e. The standard InChI is InChI=1S/C27H26ClN7O/c28-25-29-26(33-32-24(36)22-14-8-3-9-15-22)31-27(30-25)35-18-16-34(17-19-35)23(20-10-4-1-5-11-20)21-12-6-2-7-13-21/h1-15,23H,16-19H2,(H,32,36)(H,29,30,31,33). The summed E-state index contributed by atoms with van der Waals surface area (Å²) < 4.78 is 0. The minimum atomic E-state index is -0.296. The molecule has 0 atom stereocenters. The van der Waals surface area contributed by atoms with E-state index in [-0.39, 0.29) is 23.2 Å². The molecule has 36 heavy (non-hydrogen) atoms. The summed E-state index contributed by atoms with van der Waals surface area (Å²) in [6, 6.07) is 30.2. The van der Waals surface area contributed by atoms with E-state index < -0.39 is 0 Å². The van der Waals surface area contributed by atoms with Crippen molar-refractivity contribution in [2.45, 2.75) is 6.04 Å². The number of carbonyl (C=O) groups is 1. The van der Waals surface area contributed by atoms with Gasteiger partial charge < -0.3 is 4.90 Å². The van der Waals surface area contributed by atoms with Crippen molar-refractivity contribution in [2.75, 3.05) is 36.5 Å². The molecule has 8 nitrogen and oxygen atoms in total. The first-order valence-electron chi connectivity index (χ1n) is 11.8. The van der Waals surface area contributed by atoms with Crippen molar-refractivity contribution in [2.24, 2.45) is 0 Å². The third kappa shape index (κ3) is 5.62. The van der Waals surface area contributed by atoms with E-state index in [0.717, 1.165) is 26.2 Å². The molecule has 1 aliphatic heterocycles. The zero-order chi connectivity index (χ0) is 24.7. The Morgan fingerprint density at radius 3 is 1.89 bits per heavy atom. The van der Waals surface area contributed by atoms with Gasteiger partial charge in [-0.15, -0.1) is 0 Å². The van der Waals surface area contributed by atoms with Gasteiger partial charge in [-0.25, -0.2) is 0 Å². The maximum absolute atomic E-state index is 12.3. The van der Waals surface area contributed by atoms with E-state index in [1.807, 2.05) is 18.2 Å². The van der Waals surface area contributed by atoms with Crippen molar-refractivity contribution in [3.63, 3.8) is 0 Å². The van der Waals surface area contributed by atoms with Crippen LogP contribution in [0.1, 0.15) is 27.5 Å². The maximum atomic E-state index is 12.3. The predicted molar refractivity (Wildman–Crippen MR) is 141 cm³/mol. The summed E-state index contributed by atoms with van der Waals surface area (Å²) in [5.41, 5.74) is 8.40. The third-order valence-electron chi connectivity index (χ3n) is 6.11. The lowest BCUT2D eigenvalue weighted by Crippen LogP contribution is -2.48. The minimum absolute atomic E-state index is 0.0605. The quantitative estimate of drug-likeness (QED) is 0.369. The molecule has 5 rings (SSSR count). The van der Waals surface area contributed by atoms with E-state index in [9.17, 15) is 4.79 Å². The number of nitrogens with zero attached hydrogens (tertiary/aromatic N) is 5. The Morgan fingerprint density at radius 2 is 1.31 bits per heavy atom. The highest BCUT2D eigenvalue weighted by Gasteiger charge is 2.27. The summed E-state index contributed by atoms with van der Waals surface area (Å²) in [7, 11) is 0. The monoisotopic (exact) mass is 499 g/mol. The van der Waals surface area contributed by atoms with Crippen LogP contribution < -0.4 is 15.8 Å². The number of hydrogen-bond acceptors (Lipinski definition) is 7. The van der Waals surface area contributed by atoms with Crippen molar-refractivity contribution in [3.05, 3.63) is 113 Å². The molecule has 0 saturated carbocycles. The molecule has 182 valence electrons. The highest BCUT2D eigenvalue weighted by molar-refractivity contribution is 6.28. The lowest BCUT2D eigenvalue weighted by Gasteiger charge is -2.39. The molecule has 3 aromatic carbocycles.